The van der Waals surface area contributed by atoms with Crippen LogP contribution in [0.2, 0.25) is 5.02 Å². The Hall–Kier alpha value is -1.22. The van der Waals surface area contributed by atoms with Gasteiger partial charge in [-0.1, -0.05) is 25.4 Å². The van der Waals surface area contributed by atoms with Gasteiger partial charge in [0.15, 0.2) is 0 Å². The molecule has 0 radical (unpaired) electrons. The first-order valence-electron chi connectivity index (χ1n) is 5.27. The first-order chi connectivity index (χ1) is 7.54. The molecule has 0 unspecified atom stereocenters. The van der Waals surface area contributed by atoms with Crippen LogP contribution in [0.3, 0.4) is 0 Å². The van der Waals surface area contributed by atoms with Gasteiger partial charge in [0.25, 0.3) is 0 Å². The minimum Gasteiger partial charge on any atom is -0.492 e. The van der Waals surface area contributed by atoms with E-state index in [9.17, 15) is 4.79 Å². The van der Waals surface area contributed by atoms with Crippen molar-refractivity contribution in [1.82, 2.24) is 0 Å². The number of hydrogen-bond acceptors (Lipinski definition) is 2. The molecule has 0 saturated heterocycles. The molecule has 3 nitrogen and oxygen atoms in total. The van der Waals surface area contributed by atoms with E-state index in [0.717, 1.165) is 0 Å². The Morgan fingerprint density at radius 2 is 2.19 bits per heavy atom. The van der Waals surface area contributed by atoms with Crippen molar-refractivity contribution in [2.45, 2.75) is 20.8 Å². The molecule has 4 heteroatoms. The van der Waals surface area contributed by atoms with Gasteiger partial charge in [-0.15, -0.1) is 0 Å². The minimum atomic E-state index is -0.0755. The van der Waals surface area contributed by atoms with Crippen LogP contribution in [-0.2, 0) is 4.79 Å². The van der Waals surface area contributed by atoms with Crippen LogP contribution in [0, 0.1) is 5.92 Å². The second-order valence-electron chi connectivity index (χ2n) is 3.72. The van der Waals surface area contributed by atoms with Crippen LogP contribution in [0.1, 0.15) is 20.8 Å². The average Bonchev–Trinajstić information content (AvgIpc) is 2.22. The van der Waals surface area contributed by atoms with E-state index in [4.69, 9.17) is 16.3 Å². The molecule has 0 aromatic heterocycles. The van der Waals surface area contributed by atoms with Crippen LogP contribution >= 0.6 is 11.6 Å². The maximum atomic E-state index is 11.6. The number of ether oxygens (including phenoxy) is 1. The summed E-state index contributed by atoms with van der Waals surface area (Å²) in [6.45, 7) is 6.11. The van der Waals surface area contributed by atoms with E-state index in [1.165, 1.54) is 0 Å². The highest BCUT2D eigenvalue weighted by Gasteiger charge is 2.11. The third-order valence-corrected chi connectivity index (χ3v) is 2.26. The molecule has 0 aliphatic carbocycles. The van der Waals surface area contributed by atoms with Gasteiger partial charge in [0.2, 0.25) is 5.91 Å². The van der Waals surface area contributed by atoms with Gasteiger partial charge in [-0.25, -0.2) is 0 Å². The Morgan fingerprint density at radius 1 is 1.50 bits per heavy atom. The van der Waals surface area contributed by atoms with Crippen molar-refractivity contribution in [3.8, 4) is 5.75 Å². The SMILES string of the molecule is CCOc1ccc(Cl)cc1NC(=O)C(C)C. The summed E-state index contributed by atoms with van der Waals surface area (Å²) >= 11 is 5.87. The molecule has 0 heterocycles. The number of hydrogen-bond donors (Lipinski definition) is 1. The van der Waals surface area contributed by atoms with Crippen molar-refractivity contribution in [3.05, 3.63) is 23.2 Å². The Morgan fingerprint density at radius 3 is 2.75 bits per heavy atom. The topological polar surface area (TPSA) is 38.3 Å². The summed E-state index contributed by atoms with van der Waals surface area (Å²) in [7, 11) is 0. The molecule has 1 rings (SSSR count). The van der Waals surface area contributed by atoms with Crippen LogP contribution in [0.5, 0.6) is 5.75 Å². The highest BCUT2D eigenvalue weighted by Crippen LogP contribution is 2.28. The Bertz CT molecular complexity index is 377. The zero-order valence-corrected chi connectivity index (χ0v) is 10.5. The molecule has 0 spiro atoms. The zero-order chi connectivity index (χ0) is 12.1. The van der Waals surface area contributed by atoms with Crippen molar-refractivity contribution in [1.29, 1.82) is 0 Å². The van der Waals surface area contributed by atoms with Crippen LogP contribution in [-0.4, -0.2) is 12.5 Å². The second-order valence-corrected chi connectivity index (χ2v) is 4.15. The molecule has 1 amide bonds. The fraction of sp³-hybridized carbons (Fsp3) is 0.417. The van der Waals surface area contributed by atoms with E-state index in [-0.39, 0.29) is 11.8 Å². The number of carbonyl (C=O) groups is 1. The lowest BCUT2D eigenvalue weighted by molar-refractivity contribution is -0.118. The Labute approximate surface area is 101 Å². The van der Waals surface area contributed by atoms with Gasteiger partial charge in [0.05, 0.1) is 12.3 Å². The van der Waals surface area contributed by atoms with Gasteiger partial charge in [0, 0.05) is 10.9 Å². The molecular formula is C12H16ClNO2. The molecule has 1 aromatic rings. The molecule has 1 N–H and O–H groups in total. The minimum absolute atomic E-state index is 0.0526. The summed E-state index contributed by atoms with van der Waals surface area (Å²) in [5, 5.41) is 3.36. The van der Waals surface area contributed by atoms with Crippen molar-refractivity contribution >= 4 is 23.2 Å². The zero-order valence-electron chi connectivity index (χ0n) is 9.71. The van der Waals surface area contributed by atoms with Gasteiger partial charge in [-0.2, -0.15) is 0 Å². The second kappa shape index (κ2) is 5.75. The Kier molecular flexibility index (Phi) is 4.62. The fourth-order valence-electron chi connectivity index (χ4n) is 1.16. The van der Waals surface area contributed by atoms with Crippen molar-refractivity contribution in [2.24, 2.45) is 5.92 Å². The van der Waals surface area contributed by atoms with Gasteiger partial charge >= 0.3 is 0 Å². The first kappa shape index (κ1) is 12.8. The molecule has 1 aromatic carbocycles. The lowest BCUT2D eigenvalue weighted by Crippen LogP contribution is -2.18. The predicted octanol–water partition coefficient (Wildman–Crippen LogP) is 3.33. The summed E-state index contributed by atoms with van der Waals surface area (Å²) < 4.78 is 5.40. The molecule has 0 atom stereocenters. The van der Waals surface area contributed by atoms with E-state index in [2.05, 4.69) is 5.32 Å². The fourth-order valence-corrected chi connectivity index (χ4v) is 1.33. The summed E-state index contributed by atoms with van der Waals surface area (Å²) in [6, 6.07) is 5.17. The van der Waals surface area contributed by atoms with E-state index in [1.807, 2.05) is 20.8 Å². The van der Waals surface area contributed by atoms with Crippen molar-refractivity contribution < 1.29 is 9.53 Å². The first-order valence-corrected chi connectivity index (χ1v) is 5.65. The number of benzene rings is 1. The molecule has 0 saturated carbocycles. The molecule has 0 aliphatic rings. The average molecular weight is 242 g/mol. The molecule has 16 heavy (non-hydrogen) atoms. The number of halogens is 1. The summed E-state index contributed by atoms with van der Waals surface area (Å²) in [5.41, 5.74) is 0.619. The summed E-state index contributed by atoms with van der Waals surface area (Å²) in [5.74, 6) is 0.512. The van der Waals surface area contributed by atoms with Gasteiger partial charge < -0.3 is 10.1 Å². The monoisotopic (exact) mass is 241 g/mol. The molecule has 0 bridgehead atoms. The van der Waals surface area contributed by atoms with Crippen molar-refractivity contribution in [3.63, 3.8) is 0 Å². The van der Waals surface area contributed by atoms with E-state index < -0.39 is 0 Å². The molecule has 88 valence electrons. The number of rotatable bonds is 4. The van der Waals surface area contributed by atoms with Crippen LogP contribution < -0.4 is 10.1 Å². The lowest BCUT2D eigenvalue weighted by atomic mass is 10.2. The summed E-state index contributed by atoms with van der Waals surface area (Å²) in [6.07, 6.45) is 0. The maximum absolute atomic E-state index is 11.6. The van der Waals surface area contributed by atoms with Crippen LogP contribution in [0.25, 0.3) is 0 Å². The summed E-state index contributed by atoms with van der Waals surface area (Å²) in [4.78, 5) is 11.6. The van der Waals surface area contributed by atoms with Gasteiger partial charge in [-0.3, -0.25) is 4.79 Å². The normalized spacial score (nSPS) is 10.3. The third kappa shape index (κ3) is 3.42. The number of nitrogens with one attached hydrogen (secondary N) is 1. The van der Waals surface area contributed by atoms with E-state index in [0.29, 0.717) is 23.1 Å². The number of carbonyl (C=O) groups excluding carboxylic acids is 1. The smallest absolute Gasteiger partial charge is 0.227 e. The number of anilines is 1. The molecule has 0 aliphatic heterocycles. The van der Waals surface area contributed by atoms with E-state index in [1.54, 1.807) is 18.2 Å². The van der Waals surface area contributed by atoms with E-state index >= 15 is 0 Å². The number of amides is 1. The highest BCUT2D eigenvalue weighted by atomic mass is 35.5. The van der Waals surface area contributed by atoms with Crippen molar-refractivity contribution in [2.75, 3.05) is 11.9 Å². The Balaban J connectivity index is 2.91. The standard InChI is InChI=1S/C12H16ClNO2/c1-4-16-11-6-5-9(13)7-10(11)14-12(15)8(2)3/h5-8H,4H2,1-3H3,(H,14,15). The predicted molar refractivity (Wildman–Crippen MR) is 66.1 cm³/mol. The highest BCUT2D eigenvalue weighted by molar-refractivity contribution is 6.31. The quantitative estimate of drug-likeness (QED) is 0.878. The lowest BCUT2D eigenvalue weighted by Gasteiger charge is -2.13. The van der Waals surface area contributed by atoms with Crippen LogP contribution in [0.4, 0.5) is 5.69 Å². The molecular weight excluding hydrogens is 226 g/mol. The largest absolute Gasteiger partial charge is 0.492 e. The van der Waals surface area contributed by atoms with Gasteiger partial charge in [-0.05, 0) is 25.1 Å². The van der Waals surface area contributed by atoms with Crippen LogP contribution in [0.15, 0.2) is 18.2 Å². The molecule has 0 fully saturated rings. The van der Waals surface area contributed by atoms with Gasteiger partial charge in [0.1, 0.15) is 5.75 Å². The third-order valence-electron chi connectivity index (χ3n) is 2.02. The maximum Gasteiger partial charge on any atom is 0.227 e.